The Morgan fingerprint density at radius 1 is 1.13 bits per heavy atom. The average Bonchev–Trinajstić information content (AvgIpc) is 2.73. The maximum absolute atomic E-state index is 13.0. The summed E-state index contributed by atoms with van der Waals surface area (Å²) in [5.74, 6) is -2.26. The van der Waals surface area contributed by atoms with Crippen molar-refractivity contribution in [3.63, 3.8) is 0 Å². The first kappa shape index (κ1) is 21.6. The Labute approximate surface area is 180 Å². The lowest BCUT2D eigenvalue weighted by Crippen LogP contribution is -2.42. The van der Waals surface area contributed by atoms with Crippen LogP contribution in [0.15, 0.2) is 65.9 Å². The number of anilines is 1. The topological polar surface area (TPSA) is 75.7 Å². The Kier molecular flexibility index (Phi) is 6.90. The van der Waals surface area contributed by atoms with Gasteiger partial charge in [0, 0.05) is 12.1 Å². The van der Waals surface area contributed by atoms with E-state index < -0.39 is 17.8 Å². The predicted octanol–water partition coefficient (Wildman–Crippen LogP) is 4.16. The largest absolute Gasteiger partial charge is 0.463 e. The molecule has 0 aromatic heterocycles. The molecule has 0 saturated carbocycles. The number of carbonyl (C=O) groups excluding carboxylic acids is 3. The fourth-order valence-corrected chi connectivity index (χ4v) is 3.63. The molecule has 1 N–H and O–H groups in total. The van der Waals surface area contributed by atoms with Crippen LogP contribution in [-0.2, 0) is 25.7 Å². The number of amides is 2. The first-order chi connectivity index (χ1) is 14.4. The monoisotopic (exact) mass is 426 g/mol. The normalized spacial score (nSPS) is 16.4. The standard InChI is InChI=1S/C23H23ClN2O4/c1-3-30-23(29)21-15(2)26(14-16-9-5-4-6-10-16)20(27)13-17(21)22(28)25-19-12-8-7-11-18(19)24/h4-12,17H,3,13-14H2,1-2H3,(H,25,28)/t17-/m0/s1. The zero-order valence-corrected chi connectivity index (χ0v) is 17.6. The van der Waals surface area contributed by atoms with E-state index >= 15 is 0 Å². The van der Waals surface area contributed by atoms with E-state index in [-0.39, 0.29) is 24.5 Å². The van der Waals surface area contributed by atoms with Gasteiger partial charge in [0.2, 0.25) is 11.8 Å². The Morgan fingerprint density at radius 3 is 2.47 bits per heavy atom. The summed E-state index contributed by atoms with van der Waals surface area (Å²) in [6.45, 7) is 3.85. The summed E-state index contributed by atoms with van der Waals surface area (Å²) in [5, 5.41) is 3.10. The van der Waals surface area contributed by atoms with Gasteiger partial charge in [-0.05, 0) is 31.5 Å². The van der Waals surface area contributed by atoms with E-state index in [4.69, 9.17) is 16.3 Å². The van der Waals surface area contributed by atoms with E-state index in [0.717, 1.165) is 5.56 Å². The molecule has 1 aliphatic rings. The number of halogens is 1. The molecule has 1 heterocycles. The minimum absolute atomic E-state index is 0.130. The van der Waals surface area contributed by atoms with Gasteiger partial charge in [-0.3, -0.25) is 9.59 Å². The molecule has 30 heavy (non-hydrogen) atoms. The van der Waals surface area contributed by atoms with Gasteiger partial charge in [0.15, 0.2) is 0 Å². The van der Waals surface area contributed by atoms with Gasteiger partial charge in [-0.25, -0.2) is 4.79 Å². The summed E-state index contributed by atoms with van der Waals surface area (Å²) >= 11 is 6.13. The van der Waals surface area contributed by atoms with E-state index in [1.807, 2.05) is 30.3 Å². The van der Waals surface area contributed by atoms with Crippen LogP contribution in [0.1, 0.15) is 25.8 Å². The zero-order chi connectivity index (χ0) is 21.7. The van der Waals surface area contributed by atoms with Crippen LogP contribution < -0.4 is 5.32 Å². The fraction of sp³-hybridized carbons (Fsp3) is 0.261. The summed E-state index contributed by atoms with van der Waals surface area (Å²) in [6.07, 6.45) is -0.130. The number of para-hydroxylation sites is 1. The van der Waals surface area contributed by atoms with Gasteiger partial charge in [-0.2, -0.15) is 0 Å². The molecule has 2 amide bonds. The number of nitrogens with one attached hydrogen (secondary N) is 1. The van der Waals surface area contributed by atoms with Gasteiger partial charge in [0.05, 0.1) is 35.4 Å². The third kappa shape index (κ3) is 4.71. The van der Waals surface area contributed by atoms with Crippen LogP contribution in [0.4, 0.5) is 5.69 Å². The van der Waals surface area contributed by atoms with E-state index in [1.54, 1.807) is 38.1 Å². The maximum Gasteiger partial charge on any atom is 0.336 e. The van der Waals surface area contributed by atoms with Crippen molar-refractivity contribution in [3.8, 4) is 0 Å². The van der Waals surface area contributed by atoms with Crippen LogP contribution in [0, 0.1) is 5.92 Å². The number of hydrogen-bond donors (Lipinski definition) is 1. The van der Waals surface area contributed by atoms with Gasteiger partial charge >= 0.3 is 5.97 Å². The van der Waals surface area contributed by atoms with Crippen molar-refractivity contribution in [1.29, 1.82) is 0 Å². The highest BCUT2D eigenvalue weighted by atomic mass is 35.5. The Balaban J connectivity index is 1.94. The molecule has 0 fully saturated rings. The van der Waals surface area contributed by atoms with Crippen LogP contribution in [0.5, 0.6) is 0 Å². The van der Waals surface area contributed by atoms with Crippen LogP contribution in [0.3, 0.4) is 0 Å². The van der Waals surface area contributed by atoms with Crippen molar-refractivity contribution in [2.75, 3.05) is 11.9 Å². The molecule has 0 aliphatic carbocycles. The highest BCUT2D eigenvalue weighted by Crippen LogP contribution is 2.32. The third-order valence-corrected chi connectivity index (χ3v) is 5.28. The third-order valence-electron chi connectivity index (χ3n) is 4.95. The highest BCUT2D eigenvalue weighted by molar-refractivity contribution is 6.33. The molecule has 0 saturated heterocycles. The SMILES string of the molecule is CCOC(=O)C1=C(C)N(Cc2ccccc2)C(=O)C[C@@H]1C(=O)Nc1ccccc1Cl. The van der Waals surface area contributed by atoms with Gasteiger partial charge in [0.1, 0.15) is 0 Å². The number of esters is 1. The molecule has 0 unspecified atom stereocenters. The van der Waals surface area contributed by atoms with Crippen molar-refractivity contribution in [2.45, 2.75) is 26.8 Å². The molecule has 0 bridgehead atoms. The fourth-order valence-electron chi connectivity index (χ4n) is 3.45. The first-order valence-electron chi connectivity index (χ1n) is 9.70. The molecular weight excluding hydrogens is 404 g/mol. The molecule has 3 rings (SSSR count). The van der Waals surface area contributed by atoms with Gasteiger partial charge in [-0.1, -0.05) is 54.1 Å². The Bertz CT molecular complexity index is 988. The summed E-state index contributed by atoms with van der Waals surface area (Å²) in [5.41, 5.74) is 1.96. The van der Waals surface area contributed by atoms with Gasteiger partial charge < -0.3 is 15.0 Å². The summed E-state index contributed by atoms with van der Waals surface area (Å²) in [7, 11) is 0. The lowest BCUT2D eigenvalue weighted by molar-refractivity contribution is -0.142. The highest BCUT2D eigenvalue weighted by Gasteiger charge is 2.40. The molecule has 1 aliphatic heterocycles. The van der Waals surface area contributed by atoms with Crippen molar-refractivity contribution in [3.05, 3.63) is 76.5 Å². The number of ether oxygens (including phenoxy) is 1. The second kappa shape index (κ2) is 9.59. The number of benzene rings is 2. The number of hydrogen-bond acceptors (Lipinski definition) is 4. The number of nitrogens with zero attached hydrogens (tertiary/aromatic N) is 1. The second-order valence-corrected chi connectivity index (χ2v) is 7.32. The van der Waals surface area contributed by atoms with E-state index in [2.05, 4.69) is 5.32 Å². The minimum Gasteiger partial charge on any atom is -0.463 e. The summed E-state index contributed by atoms with van der Waals surface area (Å²) in [6, 6.07) is 16.3. The molecule has 0 radical (unpaired) electrons. The van der Waals surface area contributed by atoms with Crippen LogP contribution in [0.2, 0.25) is 5.02 Å². The minimum atomic E-state index is -0.958. The average molecular weight is 427 g/mol. The van der Waals surface area contributed by atoms with E-state index in [1.165, 1.54) is 4.90 Å². The molecule has 0 spiro atoms. The molecule has 2 aromatic rings. The molecule has 1 atom stereocenters. The number of allylic oxidation sites excluding steroid dienone is 1. The van der Waals surface area contributed by atoms with E-state index in [0.29, 0.717) is 23.0 Å². The number of rotatable bonds is 6. The van der Waals surface area contributed by atoms with Gasteiger partial charge in [0.25, 0.3) is 0 Å². The summed E-state index contributed by atoms with van der Waals surface area (Å²) in [4.78, 5) is 40.2. The van der Waals surface area contributed by atoms with Crippen LogP contribution in [-0.4, -0.2) is 29.3 Å². The molecule has 2 aromatic carbocycles. The Morgan fingerprint density at radius 2 is 1.80 bits per heavy atom. The van der Waals surface area contributed by atoms with Crippen molar-refractivity contribution >= 4 is 35.1 Å². The quantitative estimate of drug-likeness (QED) is 0.703. The van der Waals surface area contributed by atoms with Crippen LogP contribution in [0.25, 0.3) is 0 Å². The van der Waals surface area contributed by atoms with Crippen molar-refractivity contribution in [1.82, 2.24) is 4.90 Å². The second-order valence-electron chi connectivity index (χ2n) is 6.91. The molecule has 156 valence electrons. The lowest BCUT2D eigenvalue weighted by atomic mass is 9.88. The lowest BCUT2D eigenvalue weighted by Gasteiger charge is -2.33. The Hall–Kier alpha value is -3.12. The smallest absolute Gasteiger partial charge is 0.336 e. The van der Waals surface area contributed by atoms with Gasteiger partial charge in [-0.15, -0.1) is 0 Å². The van der Waals surface area contributed by atoms with E-state index in [9.17, 15) is 14.4 Å². The van der Waals surface area contributed by atoms with Crippen LogP contribution >= 0.6 is 11.6 Å². The zero-order valence-electron chi connectivity index (χ0n) is 16.9. The molecule has 6 nitrogen and oxygen atoms in total. The molecular formula is C23H23ClN2O4. The van der Waals surface area contributed by atoms with Crippen molar-refractivity contribution in [2.24, 2.45) is 5.92 Å². The maximum atomic E-state index is 13.0. The van der Waals surface area contributed by atoms with Crippen molar-refractivity contribution < 1.29 is 19.1 Å². The molecule has 7 heteroatoms. The summed E-state index contributed by atoms with van der Waals surface area (Å²) < 4.78 is 5.20. The predicted molar refractivity (Wildman–Crippen MR) is 115 cm³/mol. The number of carbonyl (C=O) groups is 3. The first-order valence-corrected chi connectivity index (χ1v) is 10.1.